The molecule has 0 atom stereocenters. The van der Waals surface area contributed by atoms with E-state index in [1.54, 1.807) is 18.2 Å². The molecule has 0 spiro atoms. The van der Waals surface area contributed by atoms with Gasteiger partial charge in [-0.15, -0.1) is 0 Å². The van der Waals surface area contributed by atoms with Crippen molar-refractivity contribution in [3.63, 3.8) is 0 Å². The molecule has 1 fully saturated rings. The highest BCUT2D eigenvalue weighted by molar-refractivity contribution is 5.97. The van der Waals surface area contributed by atoms with Crippen LogP contribution < -0.4 is 16.0 Å². The Morgan fingerprint density at radius 2 is 2.05 bits per heavy atom. The lowest BCUT2D eigenvalue weighted by molar-refractivity contribution is -0.117. The molecule has 2 rings (SSSR count). The Balaban J connectivity index is 1.88. The van der Waals surface area contributed by atoms with Gasteiger partial charge >= 0.3 is 0 Å². The van der Waals surface area contributed by atoms with E-state index in [1.807, 2.05) is 13.0 Å². The Kier molecular flexibility index (Phi) is 6.40. The van der Waals surface area contributed by atoms with E-state index < -0.39 is 0 Å². The largest absolute Gasteiger partial charge is 0.352 e. The second kappa shape index (κ2) is 8.54. The number of carbonyl (C=O) groups is 2. The molecular weight excluding hydrogens is 278 g/mol. The molecule has 1 aromatic rings. The summed E-state index contributed by atoms with van der Waals surface area (Å²) in [5.74, 6) is 0.381. The van der Waals surface area contributed by atoms with Gasteiger partial charge in [0, 0.05) is 24.2 Å². The molecular formula is C17H25N3O2. The summed E-state index contributed by atoms with van der Waals surface area (Å²) in [6.45, 7) is 4.65. The van der Waals surface area contributed by atoms with Crippen LogP contribution in [0.1, 0.15) is 43.0 Å². The molecule has 0 unspecified atom stereocenters. The summed E-state index contributed by atoms with van der Waals surface area (Å²) in [4.78, 5) is 24.0. The van der Waals surface area contributed by atoms with Crippen molar-refractivity contribution < 1.29 is 9.59 Å². The zero-order chi connectivity index (χ0) is 15.8. The molecule has 1 aromatic carbocycles. The molecule has 0 saturated carbocycles. The fourth-order valence-electron chi connectivity index (χ4n) is 2.64. The van der Waals surface area contributed by atoms with Gasteiger partial charge in [0.2, 0.25) is 5.91 Å². The normalized spacial score (nSPS) is 15.3. The van der Waals surface area contributed by atoms with E-state index in [0.717, 1.165) is 32.4 Å². The van der Waals surface area contributed by atoms with Crippen LogP contribution in [0.15, 0.2) is 24.3 Å². The van der Waals surface area contributed by atoms with Crippen LogP contribution in [0, 0.1) is 5.92 Å². The minimum atomic E-state index is -0.101. The molecule has 1 aliphatic heterocycles. The third-order valence-electron chi connectivity index (χ3n) is 3.88. The maximum Gasteiger partial charge on any atom is 0.251 e. The predicted molar refractivity (Wildman–Crippen MR) is 87.9 cm³/mol. The summed E-state index contributed by atoms with van der Waals surface area (Å²) in [5.41, 5.74) is 1.26. The molecule has 0 aromatic heterocycles. The lowest BCUT2D eigenvalue weighted by atomic mass is 9.94. The fraction of sp³-hybridized carbons (Fsp3) is 0.529. The van der Waals surface area contributed by atoms with Gasteiger partial charge in [-0.05, 0) is 56.5 Å². The van der Waals surface area contributed by atoms with Crippen LogP contribution in [0.4, 0.5) is 5.69 Å². The van der Waals surface area contributed by atoms with Crippen molar-refractivity contribution in [3.8, 4) is 0 Å². The highest BCUT2D eigenvalue weighted by atomic mass is 16.2. The summed E-state index contributed by atoms with van der Waals surface area (Å²) in [6.07, 6.45) is 3.55. The molecule has 5 heteroatoms. The first kappa shape index (κ1) is 16.5. The highest BCUT2D eigenvalue weighted by Gasteiger charge is 2.17. The van der Waals surface area contributed by atoms with Crippen LogP contribution in [0.2, 0.25) is 0 Å². The summed E-state index contributed by atoms with van der Waals surface area (Å²) >= 11 is 0. The van der Waals surface area contributed by atoms with Crippen molar-refractivity contribution in [2.75, 3.05) is 25.0 Å². The fourth-order valence-corrected chi connectivity index (χ4v) is 2.64. The predicted octanol–water partition coefficient (Wildman–Crippen LogP) is 2.15. The summed E-state index contributed by atoms with van der Waals surface area (Å²) in [6, 6.07) is 7.09. The molecule has 1 saturated heterocycles. The number of hydrogen-bond acceptors (Lipinski definition) is 3. The average molecular weight is 303 g/mol. The lowest BCUT2D eigenvalue weighted by Crippen LogP contribution is -2.30. The van der Waals surface area contributed by atoms with Crippen molar-refractivity contribution in [1.82, 2.24) is 10.6 Å². The number of benzene rings is 1. The summed E-state index contributed by atoms with van der Waals surface area (Å²) in [5, 5.41) is 9.04. The van der Waals surface area contributed by atoms with E-state index in [2.05, 4.69) is 16.0 Å². The van der Waals surface area contributed by atoms with Gasteiger partial charge in [-0.1, -0.05) is 13.0 Å². The number of nitrogens with one attached hydrogen (secondary N) is 3. The maximum atomic E-state index is 12.1. The molecule has 1 aliphatic rings. The third-order valence-corrected chi connectivity index (χ3v) is 3.88. The number of piperidine rings is 1. The van der Waals surface area contributed by atoms with Crippen molar-refractivity contribution in [1.29, 1.82) is 0 Å². The highest BCUT2D eigenvalue weighted by Crippen LogP contribution is 2.17. The van der Waals surface area contributed by atoms with Crippen molar-refractivity contribution >= 4 is 17.5 Å². The van der Waals surface area contributed by atoms with E-state index in [9.17, 15) is 9.59 Å². The number of anilines is 1. The Labute approximate surface area is 131 Å². The van der Waals surface area contributed by atoms with Crippen molar-refractivity contribution in [2.45, 2.75) is 32.6 Å². The van der Waals surface area contributed by atoms with Crippen LogP contribution in [-0.2, 0) is 4.79 Å². The molecule has 2 amide bonds. The second-order valence-electron chi connectivity index (χ2n) is 5.78. The van der Waals surface area contributed by atoms with Gasteiger partial charge in [0.25, 0.3) is 5.91 Å². The Morgan fingerprint density at radius 3 is 2.77 bits per heavy atom. The minimum absolute atomic E-state index is 0.0259. The molecule has 120 valence electrons. The summed E-state index contributed by atoms with van der Waals surface area (Å²) < 4.78 is 0. The average Bonchev–Trinajstić information content (AvgIpc) is 2.53. The maximum absolute atomic E-state index is 12.1. The Bertz CT molecular complexity index is 510. The van der Waals surface area contributed by atoms with Crippen LogP contribution in [0.5, 0.6) is 0 Å². The quantitative estimate of drug-likeness (QED) is 0.754. The van der Waals surface area contributed by atoms with Gasteiger partial charge in [0.05, 0.1) is 0 Å². The van der Waals surface area contributed by atoms with Crippen LogP contribution in [-0.4, -0.2) is 31.4 Å². The van der Waals surface area contributed by atoms with E-state index in [1.165, 1.54) is 0 Å². The summed E-state index contributed by atoms with van der Waals surface area (Å²) in [7, 11) is 0. The van der Waals surface area contributed by atoms with Crippen LogP contribution >= 0.6 is 0 Å². The molecule has 0 radical (unpaired) electrons. The Morgan fingerprint density at radius 1 is 1.27 bits per heavy atom. The molecule has 1 heterocycles. The van der Waals surface area contributed by atoms with Gasteiger partial charge in [-0.3, -0.25) is 9.59 Å². The first-order chi connectivity index (χ1) is 10.7. The molecule has 3 N–H and O–H groups in total. The van der Waals surface area contributed by atoms with Crippen LogP contribution in [0.3, 0.4) is 0 Å². The van der Waals surface area contributed by atoms with Gasteiger partial charge < -0.3 is 16.0 Å². The molecule has 0 aliphatic carbocycles. The van der Waals surface area contributed by atoms with Gasteiger partial charge in [-0.25, -0.2) is 0 Å². The second-order valence-corrected chi connectivity index (χ2v) is 5.78. The first-order valence-corrected chi connectivity index (χ1v) is 8.08. The lowest BCUT2D eigenvalue weighted by Gasteiger charge is -2.21. The number of rotatable bonds is 6. The van der Waals surface area contributed by atoms with Gasteiger partial charge in [0.1, 0.15) is 0 Å². The number of carbonyl (C=O) groups excluding carboxylic acids is 2. The van der Waals surface area contributed by atoms with Crippen LogP contribution in [0.25, 0.3) is 0 Å². The molecule has 22 heavy (non-hydrogen) atoms. The topological polar surface area (TPSA) is 70.2 Å². The SMILES string of the molecule is CCCNC(=O)c1cccc(NC(=O)CC2CCNCC2)c1. The monoisotopic (exact) mass is 303 g/mol. The standard InChI is InChI=1S/C17H25N3O2/c1-2-8-19-17(22)14-4-3-5-15(12-14)20-16(21)11-13-6-9-18-10-7-13/h3-5,12-13,18H,2,6-11H2,1H3,(H,19,22)(H,20,21). The minimum Gasteiger partial charge on any atom is -0.352 e. The zero-order valence-electron chi connectivity index (χ0n) is 13.2. The van der Waals surface area contributed by atoms with Gasteiger partial charge in [-0.2, -0.15) is 0 Å². The first-order valence-electron chi connectivity index (χ1n) is 8.08. The van der Waals surface area contributed by atoms with Gasteiger partial charge in [0.15, 0.2) is 0 Å². The van der Waals surface area contributed by atoms with E-state index in [-0.39, 0.29) is 11.8 Å². The number of amides is 2. The zero-order valence-corrected chi connectivity index (χ0v) is 13.2. The van der Waals surface area contributed by atoms with Crippen molar-refractivity contribution in [2.24, 2.45) is 5.92 Å². The van der Waals surface area contributed by atoms with Crippen molar-refractivity contribution in [3.05, 3.63) is 29.8 Å². The van der Waals surface area contributed by atoms with E-state index >= 15 is 0 Å². The molecule has 0 bridgehead atoms. The van der Waals surface area contributed by atoms with E-state index in [4.69, 9.17) is 0 Å². The number of hydrogen-bond donors (Lipinski definition) is 3. The smallest absolute Gasteiger partial charge is 0.251 e. The van der Waals surface area contributed by atoms with E-state index in [0.29, 0.717) is 30.1 Å². The molecule has 5 nitrogen and oxygen atoms in total. The third kappa shape index (κ3) is 5.15. The Hall–Kier alpha value is -1.88.